The van der Waals surface area contributed by atoms with Crippen LogP contribution in [0.4, 0.5) is 5.82 Å². The number of ether oxygens (including phenoxy) is 1. The van der Waals surface area contributed by atoms with E-state index in [2.05, 4.69) is 21.4 Å². The number of carbonyl (C=O) groups excluding carboxylic acids is 1. The molecule has 0 aliphatic carbocycles. The molecule has 6 heteroatoms. The Bertz CT molecular complexity index is 750. The van der Waals surface area contributed by atoms with E-state index in [1.807, 2.05) is 24.1 Å². The van der Waals surface area contributed by atoms with Crippen LogP contribution >= 0.6 is 0 Å². The van der Waals surface area contributed by atoms with Crippen LogP contribution in [0, 0.1) is 0 Å². The Morgan fingerprint density at radius 2 is 2.33 bits per heavy atom. The van der Waals surface area contributed by atoms with Gasteiger partial charge in [0.15, 0.2) is 11.6 Å². The van der Waals surface area contributed by atoms with Crippen LogP contribution in [0.15, 0.2) is 36.8 Å². The molecular weight excluding hydrogens is 304 g/mol. The molecule has 2 atom stereocenters. The number of amides is 1. The standard InChI is InChI=1S/C18H20N4O2/c1-12-11-24-16-7-15(9-20-17(16)21-12)18(23)22-6-4-14(10-22)13-3-2-5-19-8-13/h2-3,5,7-9,12,14H,4,6,10-11H2,1H3,(H,20,21)/t12-,14?/m1/s1. The van der Waals surface area contributed by atoms with Crippen LogP contribution in [0.5, 0.6) is 5.75 Å². The van der Waals surface area contributed by atoms with E-state index in [0.717, 1.165) is 19.5 Å². The van der Waals surface area contributed by atoms with Gasteiger partial charge < -0.3 is 15.0 Å². The fraction of sp³-hybridized carbons (Fsp3) is 0.389. The highest BCUT2D eigenvalue weighted by Crippen LogP contribution is 2.30. The van der Waals surface area contributed by atoms with E-state index in [0.29, 0.717) is 29.7 Å². The van der Waals surface area contributed by atoms with Crippen molar-refractivity contribution in [2.24, 2.45) is 0 Å². The van der Waals surface area contributed by atoms with Gasteiger partial charge in [-0.05, 0) is 31.0 Å². The normalized spacial score (nSPS) is 22.5. The van der Waals surface area contributed by atoms with Crippen molar-refractivity contribution in [3.8, 4) is 5.75 Å². The summed E-state index contributed by atoms with van der Waals surface area (Å²) in [5.41, 5.74) is 1.77. The van der Waals surface area contributed by atoms with E-state index >= 15 is 0 Å². The van der Waals surface area contributed by atoms with Crippen LogP contribution in [-0.4, -0.2) is 46.5 Å². The molecule has 124 valence electrons. The molecule has 0 aromatic carbocycles. The van der Waals surface area contributed by atoms with Crippen LogP contribution < -0.4 is 10.1 Å². The molecule has 24 heavy (non-hydrogen) atoms. The van der Waals surface area contributed by atoms with Crippen molar-refractivity contribution in [1.82, 2.24) is 14.9 Å². The van der Waals surface area contributed by atoms with Crippen molar-refractivity contribution < 1.29 is 9.53 Å². The molecule has 6 nitrogen and oxygen atoms in total. The average molecular weight is 324 g/mol. The van der Waals surface area contributed by atoms with Crippen LogP contribution in [0.2, 0.25) is 0 Å². The molecule has 1 amide bonds. The van der Waals surface area contributed by atoms with Gasteiger partial charge in [-0.3, -0.25) is 9.78 Å². The Morgan fingerprint density at radius 3 is 3.17 bits per heavy atom. The minimum Gasteiger partial charge on any atom is -0.488 e. The smallest absolute Gasteiger partial charge is 0.255 e. The number of aromatic nitrogens is 2. The summed E-state index contributed by atoms with van der Waals surface area (Å²) in [6.45, 7) is 4.09. The number of nitrogens with one attached hydrogen (secondary N) is 1. The van der Waals surface area contributed by atoms with Crippen molar-refractivity contribution in [1.29, 1.82) is 0 Å². The predicted octanol–water partition coefficient (Wildman–Crippen LogP) is 2.30. The molecule has 0 saturated carbocycles. The second kappa shape index (κ2) is 6.11. The zero-order valence-electron chi connectivity index (χ0n) is 13.6. The van der Waals surface area contributed by atoms with Gasteiger partial charge >= 0.3 is 0 Å². The SMILES string of the molecule is C[C@@H]1COc2cc(C(=O)N3CCC(c4cccnc4)C3)cnc2N1. The number of hydrogen-bond acceptors (Lipinski definition) is 5. The molecule has 1 saturated heterocycles. The van der Waals surface area contributed by atoms with Crippen LogP contribution in [0.1, 0.15) is 35.2 Å². The van der Waals surface area contributed by atoms with Gasteiger partial charge in [0.25, 0.3) is 5.91 Å². The third-order valence-corrected chi connectivity index (χ3v) is 4.60. The fourth-order valence-corrected chi connectivity index (χ4v) is 3.29. The molecule has 2 aromatic rings. The van der Waals surface area contributed by atoms with Gasteiger partial charge in [-0.2, -0.15) is 0 Å². The van der Waals surface area contributed by atoms with Crippen molar-refractivity contribution in [3.05, 3.63) is 47.9 Å². The molecule has 2 aromatic heterocycles. The highest BCUT2D eigenvalue weighted by Gasteiger charge is 2.29. The molecule has 0 spiro atoms. The predicted molar refractivity (Wildman–Crippen MR) is 90.3 cm³/mol. The number of anilines is 1. The van der Waals surface area contributed by atoms with E-state index in [1.165, 1.54) is 5.56 Å². The minimum absolute atomic E-state index is 0.0129. The first kappa shape index (κ1) is 14.9. The van der Waals surface area contributed by atoms with Gasteiger partial charge in [0.1, 0.15) is 6.61 Å². The lowest BCUT2D eigenvalue weighted by atomic mass is 10.0. The topological polar surface area (TPSA) is 67.3 Å². The number of pyridine rings is 2. The Balaban J connectivity index is 1.49. The summed E-state index contributed by atoms with van der Waals surface area (Å²) in [6.07, 6.45) is 6.26. The summed E-state index contributed by atoms with van der Waals surface area (Å²) in [6, 6.07) is 6.04. The molecule has 1 fully saturated rings. The molecule has 1 unspecified atom stereocenters. The maximum absolute atomic E-state index is 12.8. The van der Waals surface area contributed by atoms with Crippen molar-refractivity contribution >= 4 is 11.7 Å². The lowest BCUT2D eigenvalue weighted by Crippen LogP contribution is -2.31. The number of likely N-dealkylation sites (tertiary alicyclic amines) is 1. The Labute approximate surface area is 140 Å². The lowest BCUT2D eigenvalue weighted by molar-refractivity contribution is 0.0790. The first-order valence-corrected chi connectivity index (χ1v) is 8.29. The lowest BCUT2D eigenvalue weighted by Gasteiger charge is -2.24. The third kappa shape index (κ3) is 2.79. The summed E-state index contributed by atoms with van der Waals surface area (Å²) >= 11 is 0. The summed E-state index contributed by atoms with van der Waals surface area (Å²) in [7, 11) is 0. The van der Waals surface area contributed by atoms with Gasteiger partial charge in [-0.1, -0.05) is 6.07 Å². The maximum atomic E-state index is 12.8. The van der Waals surface area contributed by atoms with Crippen molar-refractivity contribution in [2.45, 2.75) is 25.3 Å². The molecule has 1 N–H and O–H groups in total. The first-order chi connectivity index (χ1) is 11.7. The minimum atomic E-state index is 0.0129. The van der Waals surface area contributed by atoms with Gasteiger partial charge in [0.2, 0.25) is 0 Å². The first-order valence-electron chi connectivity index (χ1n) is 8.29. The van der Waals surface area contributed by atoms with Crippen LogP contribution in [0.25, 0.3) is 0 Å². The summed E-state index contributed by atoms with van der Waals surface area (Å²) in [5.74, 6) is 1.73. The maximum Gasteiger partial charge on any atom is 0.255 e. The molecule has 2 aliphatic rings. The quantitative estimate of drug-likeness (QED) is 0.918. The zero-order chi connectivity index (χ0) is 16.5. The monoisotopic (exact) mass is 324 g/mol. The largest absolute Gasteiger partial charge is 0.488 e. The fourth-order valence-electron chi connectivity index (χ4n) is 3.29. The van der Waals surface area contributed by atoms with Gasteiger partial charge in [-0.15, -0.1) is 0 Å². The molecular formula is C18H20N4O2. The second-order valence-electron chi connectivity index (χ2n) is 6.45. The molecule has 4 rings (SSSR count). The van der Waals surface area contributed by atoms with E-state index < -0.39 is 0 Å². The highest BCUT2D eigenvalue weighted by atomic mass is 16.5. The van der Waals surface area contributed by atoms with E-state index in [1.54, 1.807) is 18.5 Å². The van der Waals surface area contributed by atoms with Crippen LogP contribution in [-0.2, 0) is 0 Å². The summed E-state index contributed by atoms with van der Waals surface area (Å²) in [4.78, 5) is 23.2. The van der Waals surface area contributed by atoms with Crippen molar-refractivity contribution in [2.75, 3.05) is 25.0 Å². The Hall–Kier alpha value is -2.63. The van der Waals surface area contributed by atoms with Gasteiger partial charge in [0.05, 0.1) is 11.6 Å². The number of rotatable bonds is 2. The zero-order valence-corrected chi connectivity index (χ0v) is 13.6. The Morgan fingerprint density at radius 1 is 1.42 bits per heavy atom. The summed E-state index contributed by atoms with van der Waals surface area (Å²) in [5, 5.41) is 3.26. The highest BCUT2D eigenvalue weighted by molar-refractivity contribution is 5.95. The molecule has 0 radical (unpaired) electrons. The van der Waals surface area contributed by atoms with E-state index in [4.69, 9.17) is 4.74 Å². The third-order valence-electron chi connectivity index (χ3n) is 4.60. The summed E-state index contributed by atoms with van der Waals surface area (Å²) < 4.78 is 5.68. The Kier molecular flexibility index (Phi) is 3.80. The number of carbonyl (C=O) groups is 1. The molecule has 4 heterocycles. The second-order valence-corrected chi connectivity index (χ2v) is 6.45. The van der Waals surface area contributed by atoms with E-state index in [9.17, 15) is 4.79 Å². The van der Waals surface area contributed by atoms with Gasteiger partial charge in [-0.25, -0.2) is 4.98 Å². The van der Waals surface area contributed by atoms with Gasteiger partial charge in [0, 0.05) is 37.6 Å². The van der Waals surface area contributed by atoms with Crippen molar-refractivity contribution in [3.63, 3.8) is 0 Å². The molecule has 2 aliphatic heterocycles. The number of fused-ring (bicyclic) bond motifs is 1. The van der Waals surface area contributed by atoms with Crippen LogP contribution in [0.3, 0.4) is 0 Å². The number of hydrogen-bond donors (Lipinski definition) is 1. The molecule has 0 bridgehead atoms. The number of nitrogens with zero attached hydrogens (tertiary/aromatic N) is 3. The average Bonchev–Trinajstić information content (AvgIpc) is 3.11. The van der Waals surface area contributed by atoms with E-state index in [-0.39, 0.29) is 11.9 Å².